The van der Waals surface area contributed by atoms with Crippen molar-refractivity contribution in [1.29, 1.82) is 0 Å². The molecule has 2 aromatic heterocycles. The Morgan fingerprint density at radius 2 is 1.62 bits per heavy atom. The minimum atomic E-state index is -0.349. The number of anilines is 2. The van der Waals surface area contributed by atoms with Crippen LogP contribution in [-0.4, -0.2) is 53.7 Å². The van der Waals surface area contributed by atoms with Crippen LogP contribution in [0.1, 0.15) is 88.3 Å². The van der Waals surface area contributed by atoms with Crippen LogP contribution in [-0.2, 0) is 6.42 Å². The summed E-state index contributed by atoms with van der Waals surface area (Å²) in [4.78, 5) is 39.2. The van der Waals surface area contributed by atoms with E-state index in [9.17, 15) is 9.59 Å². The largest absolute Gasteiger partial charge is 0.494 e. The number of H-pyrrole nitrogens is 1. The number of hydrogen-bond acceptors (Lipinski definition) is 5. The van der Waals surface area contributed by atoms with Crippen molar-refractivity contribution in [3.63, 3.8) is 0 Å². The predicted octanol–water partition coefficient (Wildman–Crippen LogP) is 9.76. The summed E-state index contributed by atoms with van der Waals surface area (Å²) in [6.07, 6.45) is 8.08. The van der Waals surface area contributed by atoms with E-state index in [1.54, 1.807) is 17.2 Å². The van der Waals surface area contributed by atoms with Gasteiger partial charge in [0.15, 0.2) is 0 Å². The van der Waals surface area contributed by atoms with Gasteiger partial charge in [0.25, 0.3) is 5.56 Å². The Kier molecular flexibility index (Phi) is 12.4. The summed E-state index contributed by atoms with van der Waals surface area (Å²) in [6.45, 7) is 13.2. The van der Waals surface area contributed by atoms with Gasteiger partial charge in [-0.05, 0) is 127 Å². The third kappa shape index (κ3) is 9.28. The van der Waals surface area contributed by atoms with Crippen LogP contribution in [0.4, 0.5) is 16.2 Å². The molecule has 3 aromatic carbocycles. The third-order valence-corrected chi connectivity index (χ3v) is 10.0. The van der Waals surface area contributed by atoms with E-state index in [-0.39, 0.29) is 23.4 Å². The van der Waals surface area contributed by atoms with Crippen molar-refractivity contribution in [3.05, 3.63) is 118 Å². The van der Waals surface area contributed by atoms with Crippen molar-refractivity contribution in [3.8, 4) is 16.9 Å². The number of ether oxygens (including phenoxy) is 1. The zero-order valence-electron chi connectivity index (χ0n) is 31.2. The summed E-state index contributed by atoms with van der Waals surface area (Å²) < 4.78 is 6.23. The van der Waals surface area contributed by atoms with E-state index < -0.39 is 0 Å². The first-order valence-electron chi connectivity index (χ1n) is 19.0. The number of nitrogens with one attached hydrogen (secondary N) is 2. The van der Waals surface area contributed by atoms with E-state index in [0.717, 1.165) is 58.5 Å². The molecule has 52 heavy (non-hydrogen) atoms. The van der Waals surface area contributed by atoms with E-state index in [0.29, 0.717) is 30.9 Å². The van der Waals surface area contributed by atoms with Crippen LogP contribution in [0.5, 0.6) is 5.75 Å². The number of amides is 2. The van der Waals surface area contributed by atoms with Gasteiger partial charge >= 0.3 is 6.03 Å². The highest BCUT2D eigenvalue weighted by Gasteiger charge is 2.24. The van der Waals surface area contributed by atoms with Gasteiger partial charge < -0.3 is 19.9 Å². The summed E-state index contributed by atoms with van der Waals surface area (Å²) in [5.41, 5.74) is 6.68. The molecule has 3 heterocycles. The number of carbonyl (C=O) groups excluding carboxylic acids is 1. The highest BCUT2D eigenvalue weighted by atomic mass is 16.5. The number of aromatic amines is 1. The number of aryl methyl sites for hydroxylation is 1. The molecule has 2 N–H and O–H groups in total. The van der Waals surface area contributed by atoms with Crippen molar-refractivity contribution < 1.29 is 9.53 Å². The van der Waals surface area contributed by atoms with Crippen molar-refractivity contribution in [2.75, 3.05) is 43.0 Å². The maximum Gasteiger partial charge on any atom is 0.326 e. The monoisotopic (exact) mass is 699 g/mol. The first-order chi connectivity index (χ1) is 25.3. The number of benzene rings is 3. The molecule has 5 aromatic rings. The number of nitrogens with zero attached hydrogens (tertiary/aromatic N) is 3. The first-order valence-corrected chi connectivity index (χ1v) is 19.0. The SMILES string of the molecule is CC(C)c1cc(-c2cccc(OCCCN3CCCCC3)c2)cc(C(C)C)c1NC(=O)N(CCCc1ccccc1)c1cc2cccnc2[nH]c1=O. The fraction of sp³-hybridized carbons (Fsp3) is 0.386. The zero-order valence-corrected chi connectivity index (χ0v) is 31.2. The van der Waals surface area contributed by atoms with Crippen LogP contribution in [0.25, 0.3) is 22.2 Å². The van der Waals surface area contributed by atoms with Crippen LogP contribution < -0.4 is 20.5 Å². The molecule has 8 heteroatoms. The standard InChI is InChI=1S/C44H53N5O3/c1-31(2)38-28-36(34-18-11-20-37(27-34)52-26-14-24-48-22-9-6-10-23-48)29-39(32(3)4)41(38)46-44(51)49(25-13-17-33-15-7-5-8-16-33)40-30-35-19-12-21-45-42(35)47-43(40)50/h5,7-8,11-12,15-16,18-21,27-32H,6,9-10,13-14,17,22-26H2,1-4H3,(H,46,51)(H,45,47,50). The summed E-state index contributed by atoms with van der Waals surface area (Å²) in [5, 5.41) is 4.07. The first kappa shape index (κ1) is 36.8. The summed E-state index contributed by atoms with van der Waals surface area (Å²) in [5.74, 6) is 1.12. The molecular formula is C44H53N5O3. The van der Waals surface area contributed by atoms with E-state index in [1.807, 2.05) is 36.4 Å². The quantitative estimate of drug-likeness (QED) is 0.113. The lowest BCUT2D eigenvalue weighted by molar-refractivity contribution is 0.205. The van der Waals surface area contributed by atoms with Gasteiger partial charge in [-0.15, -0.1) is 0 Å². The summed E-state index contributed by atoms with van der Waals surface area (Å²) in [6, 6.07) is 28.1. The normalized spacial score (nSPS) is 13.5. The fourth-order valence-corrected chi connectivity index (χ4v) is 7.15. The van der Waals surface area contributed by atoms with Gasteiger partial charge in [-0.3, -0.25) is 9.69 Å². The van der Waals surface area contributed by atoms with Crippen molar-refractivity contribution >= 4 is 28.4 Å². The number of pyridine rings is 2. The summed E-state index contributed by atoms with van der Waals surface area (Å²) >= 11 is 0. The average molecular weight is 700 g/mol. The molecule has 1 fully saturated rings. The van der Waals surface area contributed by atoms with Crippen LogP contribution in [0, 0.1) is 0 Å². The molecule has 1 saturated heterocycles. The molecule has 1 aliphatic rings. The van der Waals surface area contributed by atoms with Gasteiger partial charge in [-0.2, -0.15) is 0 Å². The van der Waals surface area contributed by atoms with E-state index in [4.69, 9.17) is 4.74 Å². The molecule has 8 nitrogen and oxygen atoms in total. The molecule has 0 aliphatic carbocycles. The smallest absolute Gasteiger partial charge is 0.326 e. The Morgan fingerprint density at radius 3 is 2.35 bits per heavy atom. The Bertz CT molecular complexity index is 1970. The van der Waals surface area contributed by atoms with Gasteiger partial charge in [-0.1, -0.05) is 76.6 Å². The lowest BCUT2D eigenvalue weighted by Gasteiger charge is -2.27. The molecule has 0 saturated carbocycles. The van der Waals surface area contributed by atoms with Gasteiger partial charge in [0.05, 0.1) is 6.61 Å². The van der Waals surface area contributed by atoms with Crippen LogP contribution in [0.15, 0.2) is 95.9 Å². The Morgan fingerprint density at radius 1 is 0.865 bits per heavy atom. The van der Waals surface area contributed by atoms with Gasteiger partial charge in [-0.25, -0.2) is 9.78 Å². The highest BCUT2D eigenvalue weighted by molar-refractivity contribution is 6.03. The van der Waals surface area contributed by atoms with Gasteiger partial charge in [0, 0.05) is 30.4 Å². The van der Waals surface area contributed by atoms with E-state index in [2.05, 4.69) is 90.3 Å². The number of rotatable bonds is 14. The molecular weight excluding hydrogens is 647 g/mol. The number of likely N-dealkylation sites (tertiary alicyclic amines) is 1. The minimum absolute atomic E-state index is 0.128. The van der Waals surface area contributed by atoms with Crippen LogP contribution >= 0.6 is 0 Å². The Hall–Kier alpha value is -4.95. The lowest BCUT2D eigenvalue weighted by Crippen LogP contribution is -2.39. The van der Waals surface area contributed by atoms with E-state index in [1.165, 1.54) is 37.9 Å². The maximum atomic E-state index is 14.4. The number of fused-ring (bicyclic) bond motifs is 1. The molecule has 0 unspecified atom stereocenters. The van der Waals surface area contributed by atoms with Crippen LogP contribution in [0.2, 0.25) is 0 Å². The van der Waals surface area contributed by atoms with E-state index >= 15 is 0 Å². The lowest BCUT2D eigenvalue weighted by atomic mass is 9.88. The van der Waals surface area contributed by atoms with Crippen LogP contribution in [0.3, 0.4) is 0 Å². The van der Waals surface area contributed by atoms with Crippen molar-refractivity contribution in [1.82, 2.24) is 14.9 Å². The molecule has 1 aliphatic heterocycles. The number of carbonyl (C=O) groups is 1. The molecule has 2 amide bonds. The fourth-order valence-electron chi connectivity index (χ4n) is 7.15. The van der Waals surface area contributed by atoms with Gasteiger partial charge in [0.2, 0.25) is 0 Å². The van der Waals surface area contributed by atoms with Gasteiger partial charge in [0.1, 0.15) is 17.1 Å². The number of hydrogen-bond donors (Lipinski definition) is 2. The highest BCUT2D eigenvalue weighted by Crippen LogP contribution is 2.38. The topological polar surface area (TPSA) is 90.6 Å². The molecule has 272 valence electrons. The molecule has 0 spiro atoms. The Balaban J connectivity index is 1.27. The second kappa shape index (κ2) is 17.5. The Labute approximate surface area is 308 Å². The summed E-state index contributed by atoms with van der Waals surface area (Å²) in [7, 11) is 0. The number of piperidine rings is 1. The van der Waals surface area contributed by atoms with Crippen molar-refractivity contribution in [2.45, 2.75) is 78.1 Å². The molecule has 0 bridgehead atoms. The molecule has 0 atom stereocenters. The minimum Gasteiger partial charge on any atom is -0.494 e. The maximum absolute atomic E-state index is 14.4. The number of urea groups is 1. The predicted molar refractivity (Wildman–Crippen MR) is 214 cm³/mol. The van der Waals surface area contributed by atoms with Crippen molar-refractivity contribution in [2.24, 2.45) is 0 Å². The zero-order chi connectivity index (χ0) is 36.5. The molecule has 0 radical (unpaired) electrons. The average Bonchev–Trinajstić information content (AvgIpc) is 3.16. The second-order valence-electron chi connectivity index (χ2n) is 14.6. The number of aromatic nitrogens is 2. The second-order valence-corrected chi connectivity index (χ2v) is 14.6. The third-order valence-electron chi connectivity index (χ3n) is 10.0. The molecule has 6 rings (SSSR count).